The summed E-state index contributed by atoms with van der Waals surface area (Å²) in [4.78, 5) is 0. The molecule has 0 spiro atoms. The molecule has 2 heteroatoms. The van der Waals surface area contributed by atoms with Crippen molar-refractivity contribution >= 4 is 0 Å². The minimum Gasteiger partial charge on any atom is -0.379 e. The molecule has 0 heterocycles. The van der Waals surface area contributed by atoms with E-state index < -0.39 is 0 Å². The van der Waals surface area contributed by atoms with E-state index in [-0.39, 0.29) is 0 Å². The smallest absolute Gasteiger partial charge is 0.0661 e. The summed E-state index contributed by atoms with van der Waals surface area (Å²) in [7, 11) is 2.02. The molecule has 1 unspecified atom stereocenters. The normalized spacial score (nSPS) is 18.1. The molecule has 0 saturated heterocycles. The van der Waals surface area contributed by atoms with E-state index in [2.05, 4.69) is 37.4 Å². The Kier molecular flexibility index (Phi) is 6.06. The zero-order valence-corrected chi connectivity index (χ0v) is 13.2. The van der Waals surface area contributed by atoms with Gasteiger partial charge in [0.25, 0.3) is 0 Å². The summed E-state index contributed by atoms with van der Waals surface area (Å²) in [6.07, 6.45) is 6.90. The van der Waals surface area contributed by atoms with Crippen LogP contribution in [0.15, 0.2) is 18.2 Å². The lowest BCUT2D eigenvalue weighted by molar-refractivity contribution is 0.0707. The van der Waals surface area contributed by atoms with Crippen molar-refractivity contribution in [2.24, 2.45) is 5.92 Å². The van der Waals surface area contributed by atoms with Gasteiger partial charge in [0.15, 0.2) is 0 Å². The number of nitrogens with one attached hydrogen (secondary N) is 1. The average molecular weight is 275 g/mol. The molecule has 1 atom stereocenters. The number of rotatable bonds is 6. The van der Waals surface area contributed by atoms with E-state index in [1.807, 2.05) is 7.05 Å². The number of likely N-dealkylation sites (N-methyl/N-ethyl adjacent to an activating group) is 1. The van der Waals surface area contributed by atoms with Crippen molar-refractivity contribution in [1.82, 2.24) is 5.32 Å². The van der Waals surface area contributed by atoms with E-state index in [4.69, 9.17) is 4.74 Å². The van der Waals surface area contributed by atoms with Gasteiger partial charge in [0, 0.05) is 6.61 Å². The average Bonchev–Trinajstić information content (AvgIpc) is 2.48. The van der Waals surface area contributed by atoms with Crippen molar-refractivity contribution in [3.63, 3.8) is 0 Å². The van der Waals surface area contributed by atoms with Gasteiger partial charge < -0.3 is 10.1 Å². The molecular formula is C18H29NO. The predicted octanol–water partition coefficient (Wildman–Crippen LogP) is 4.16. The van der Waals surface area contributed by atoms with Crippen LogP contribution < -0.4 is 5.32 Å². The highest BCUT2D eigenvalue weighted by Crippen LogP contribution is 2.24. The maximum absolute atomic E-state index is 5.99. The van der Waals surface area contributed by atoms with E-state index in [0.717, 1.165) is 19.1 Å². The minimum atomic E-state index is 0.304. The number of ether oxygens (including phenoxy) is 1. The molecule has 1 aliphatic carbocycles. The van der Waals surface area contributed by atoms with Crippen LogP contribution in [-0.4, -0.2) is 20.3 Å². The molecule has 1 aromatic carbocycles. The minimum absolute atomic E-state index is 0.304. The Morgan fingerprint density at radius 2 is 1.90 bits per heavy atom. The SMILES string of the molecule is CNC(COCC1CCCCC1)c1ccc(C)c(C)c1. The maximum Gasteiger partial charge on any atom is 0.0661 e. The van der Waals surface area contributed by atoms with Gasteiger partial charge in [-0.1, -0.05) is 37.5 Å². The molecule has 0 radical (unpaired) electrons. The summed E-state index contributed by atoms with van der Waals surface area (Å²) >= 11 is 0. The van der Waals surface area contributed by atoms with Gasteiger partial charge in [0.1, 0.15) is 0 Å². The van der Waals surface area contributed by atoms with E-state index >= 15 is 0 Å². The topological polar surface area (TPSA) is 21.3 Å². The molecule has 0 amide bonds. The Morgan fingerprint density at radius 3 is 2.55 bits per heavy atom. The fraction of sp³-hybridized carbons (Fsp3) is 0.667. The first kappa shape index (κ1) is 15.5. The molecule has 1 aromatic rings. The van der Waals surface area contributed by atoms with E-state index in [9.17, 15) is 0 Å². The highest BCUT2D eigenvalue weighted by molar-refractivity contribution is 5.31. The van der Waals surface area contributed by atoms with Crippen LogP contribution in [0.1, 0.15) is 54.8 Å². The third-order valence-corrected chi connectivity index (χ3v) is 4.64. The first-order chi connectivity index (χ1) is 9.70. The van der Waals surface area contributed by atoms with Crippen molar-refractivity contribution < 1.29 is 4.74 Å². The van der Waals surface area contributed by atoms with Crippen LogP contribution in [0.4, 0.5) is 0 Å². The lowest BCUT2D eigenvalue weighted by Gasteiger charge is -2.23. The monoisotopic (exact) mass is 275 g/mol. The first-order valence-corrected chi connectivity index (χ1v) is 8.03. The molecule has 0 bridgehead atoms. The highest BCUT2D eigenvalue weighted by Gasteiger charge is 2.15. The largest absolute Gasteiger partial charge is 0.379 e. The van der Waals surface area contributed by atoms with Gasteiger partial charge in [-0.05, 0) is 56.3 Å². The van der Waals surface area contributed by atoms with Crippen LogP contribution in [0.5, 0.6) is 0 Å². The van der Waals surface area contributed by atoms with Crippen LogP contribution in [-0.2, 0) is 4.74 Å². The molecule has 112 valence electrons. The maximum atomic E-state index is 5.99. The zero-order valence-electron chi connectivity index (χ0n) is 13.2. The second-order valence-electron chi connectivity index (χ2n) is 6.23. The van der Waals surface area contributed by atoms with Crippen LogP contribution in [0.25, 0.3) is 0 Å². The molecule has 2 nitrogen and oxygen atoms in total. The molecule has 1 saturated carbocycles. The Labute approximate surface area is 123 Å². The van der Waals surface area contributed by atoms with Crippen molar-refractivity contribution in [3.05, 3.63) is 34.9 Å². The molecule has 0 aliphatic heterocycles. The number of hydrogen-bond acceptors (Lipinski definition) is 2. The predicted molar refractivity (Wildman–Crippen MR) is 85.1 cm³/mol. The van der Waals surface area contributed by atoms with Gasteiger partial charge in [-0.3, -0.25) is 0 Å². The van der Waals surface area contributed by atoms with Crippen LogP contribution in [0, 0.1) is 19.8 Å². The Morgan fingerprint density at radius 1 is 1.15 bits per heavy atom. The molecule has 1 N–H and O–H groups in total. The van der Waals surface area contributed by atoms with Gasteiger partial charge in [-0.15, -0.1) is 0 Å². The zero-order chi connectivity index (χ0) is 14.4. The van der Waals surface area contributed by atoms with E-state index in [1.165, 1.54) is 48.8 Å². The van der Waals surface area contributed by atoms with E-state index in [0.29, 0.717) is 6.04 Å². The first-order valence-electron chi connectivity index (χ1n) is 8.03. The second kappa shape index (κ2) is 7.80. The summed E-state index contributed by atoms with van der Waals surface area (Å²) in [5.74, 6) is 0.793. The Balaban J connectivity index is 1.83. The van der Waals surface area contributed by atoms with Gasteiger partial charge in [0.2, 0.25) is 0 Å². The third-order valence-electron chi connectivity index (χ3n) is 4.64. The van der Waals surface area contributed by atoms with Gasteiger partial charge in [-0.25, -0.2) is 0 Å². The van der Waals surface area contributed by atoms with Crippen molar-refractivity contribution in [2.75, 3.05) is 20.3 Å². The van der Waals surface area contributed by atoms with Crippen molar-refractivity contribution in [1.29, 1.82) is 0 Å². The van der Waals surface area contributed by atoms with Crippen molar-refractivity contribution in [2.45, 2.75) is 52.0 Å². The standard InChI is InChI=1S/C18H29NO/c1-14-9-10-17(11-15(14)2)18(19-3)13-20-12-16-7-5-4-6-8-16/h9-11,16,18-19H,4-8,12-13H2,1-3H3. The van der Waals surface area contributed by atoms with Gasteiger partial charge >= 0.3 is 0 Å². The molecule has 1 fully saturated rings. The fourth-order valence-corrected chi connectivity index (χ4v) is 3.03. The number of benzene rings is 1. The molecule has 20 heavy (non-hydrogen) atoms. The second-order valence-corrected chi connectivity index (χ2v) is 6.23. The Bertz CT molecular complexity index is 410. The lowest BCUT2D eigenvalue weighted by Crippen LogP contribution is -2.24. The quantitative estimate of drug-likeness (QED) is 0.841. The van der Waals surface area contributed by atoms with Gasteiger partial charge in [0.05, 0.1) is 12.6 Å². The Hall–Kier alpha value is -0.860. The fourth-order valence-electron chi connectivity index (χ4n) is 3.03. The lowest BCUT2D eigenvalue weighted by atomic mass is 9.90. The molecule has 2 rings (SSSR count). The highest BCUT2D eigenvalue weighted by atomic mass is 16.5. The summed E-state index contributed by atoms with van der Waals surface area (Å²) in [5.41, 5.74) is 4.04. The van der Waals surface area contributed by atoms with Crippen LogP contribution in [0.2, 0.25) is 0 Å². The van der Waals surface area contributed by atoms with Crippen LogP contribution in [0.3, 0.4) is 0 Å². The van der Waals surface area contributed by atoms with E-state index in [1.54, 1.807) is 0 Å². The molecular weight excluding hydrogens is 246 g/mol. The van der Waals surface area contributed by atoms with Crippen LogP contribution >= 0.6 is 0 Å². The molecule has 0 aromatic heterocycles. The third kappa shape index (κ3) is 4.32. The summed E-state index contributed by atoms with van der Waals surface area (Å²) in [6.45, 7) is 6.04. The van der Waals surface area contributed by atoms with Crippen molar-refractivity contribution in [3.8, 4) is 0 Å². The summed E-state index contributed by atoms with van der Waals surface area (Å²) in [6, 6.07) is 7.00. The number of hydrogen-bond donors (Lipinski definition) is 1. The van der Waals surface area contributed by atoms with Gasteiger partial charge in [-0.2, -0.15) is 0 Å². The molecule has 1 aliphatic rings. The summed E-state index contributed by atoms with van der Waals surface area (Å²) < 4.78 is 5.99. The number of aryl methyl sites for hydroxylation is 2. The summed E-state index contributed by atoms with van der Waals surface area (Å²) in [5, 5.41) is 3.38.